The Kier molecular flexibility index (Phi) is 9.25. The number of rotatable bonds is 8. The maximum atomic E-state index is 13.7. The SMILES string of the molecule is CCC(C(=O)Nc1c(C)cc(C#N)cc1C)[PH]1(CC(=O)OCc2ccccc2)CCCCCC1. The van der Waals surface area contributed by atoms with E-state index in [1.807, 2.05) is 56.3 Å². The normalized spacial score (nSPS) is 17.0. The van der Waals surface area contributed by atoms with Crippen LogP contribution in [0.15, 0.2) is 42.5 Å². The molecule has 1 unspecified atom stereocenters. The van der Waals surface area contributed by atoms with E-state index in [0.29, 0.717) is 11.7 Å². The fourth-order valence-corrected chi connectivity index (χ4v) is 11.1. The molecule has 2 aromatic rings. The zero-order valence-corrected chi connectivity index (χ0v) is 21.7. The van der Waals surface area contributed by atoms with Crippen molar-refractivity contribution < 1.29 is 14.3 Å². The number of nitrogens with zero attached hydrogens (tertiary/aromatic N) is 1. The molecule has 2 aromatic carbocycles. The van der Waals surface area contributed by atoms with E-state index in [0.717, 1.165) is 54.0 Å². The van der Waals surface area contributed by atoms with E-state index in [2.05, 4.69) is 18.3 Å². The Bertz CT molecular complexity index is 1010. The molecule has 0 bridgehead atoms. The van der Waals surface area contributed by atoms with Gasteiger partial charge in [-0.15, -0.1) is 0 Å². The van der Waals surface area contributed by atoms with Gasteiger partial charge < -0.3 is 0 Å². The van der Waals surface area contributed by atoms with Crippen LogP contribution in [0.4, 0.5) is 5.69 Å². The molecule has 34 heavy (non-hydrogen) atoms. The van der Waals surface area contributed by atoms with E-state index >= 15 is 0 Å². The monoisotopic (exact) mass is 480 g/mol. The van der Waals surface area contributed by atoms with Gasteiger partial charge in [0, 0.05) is 0 Å². The molecule has 1 atom stereocenters. The molecule has 0 spiro atoms. The van der Waals surface area contributed by atoms with Gasteiger partial charge >= 0.3 is 204 Å². The van der Waals surface area contributed by atoms with Crippen LogP contribution in [-0.4, -0.2) is 36.0 Å². The van der Waals surface area contributed by atoms with Crippen LogP contribution in [0.25, 0.3) is 0 Å². The maximum absolute atomic E-state index is 13.7. The summed E-state index contributed by atoms with van der Waals surface area (Å²) in [6.07, 6.45) is 7.60. The molecule has 0 aromatic heterocycles. The molecule has 5 nitrogen and oxygen atoms in total. The summed E-state index contributed by atoms with van der Waals surface area (Å²) < 4.78 is 5.69. The summed E-state index contributed by atoms with van der Waals surface area (Å²) in [7, 11) is -2.27. The van der Waals surface area contributed by atoms with Crippen molar-refractivity contribution in [1.29, 1.82) is 5.26 Å². The summed E-state index contributed by atoms with van der Waals surface area (Å²) in [5.74, 6) is -0.155. The number of carbonyl (C=O) groups excluding carboxylic acids is 2. The molecule has 1 aliphatic rings. The second-order valence-corrected chi connectivity index (χ2v) is 14.4. The molecule has 0 aliphatic carbocycles. The predicted octanol–water partition coefficient (Wildman–Crippen LogP) is 5.96. The van der Waals surface area contributed by atoms with Crippen LogP contribution in [0.5, 0.6) is 0 Å². The summed E-state index contributed by atoms with van der Waals surface area (Å²) in [5.41, 5.74) is 3.98. The average Bonchev–Trinajstić information content (AvgIpc) is 3.07. The topological polar surface area (TPSA) is 79.2 Å². The van der Waals surface area contributed by atoms with Crippen molar-refractivity contribution in [1.82, 2.24) is 0 Å². The summed E-state index contributed by atoms with van der Waals surface area (Å²) in [6.45, 7) is 6.18. The third-order valence-electron chi connectivity index (χ3n) is 7.21. The molecule has 182 valence electrons. The molecule has 6 heteroatoms. The van der Waals surface area contributed by atoms with Gasteiger partial charge in [-0.3, -0.25) is 0 Å². The molecule has 1 saturated heterocycles. The molecule has 0 radical (unpaired) electrons. The molecular weight excluding hydrogens is 443 g/mol. The molecule has 3 rings (SSSR count). The standard InChI is InChI=1S/C28H37N2O3P/c1-4-25(28(32)30-27-21(2)16-24(18-29)17-22(27)3)34(14-10-5-6-11-15-34)20-26(31)33-19-23-12-8-7-9-13-23/h7-9,12-13,16-17,25,34H,4-6,10-11,14-15,19-20H2,1-3H3,(H,30,32). The van der Waals surface area contributed by atoms with Crippen LogP contribution in [0.1, 0.15) is 61.3 Å². The van der Waals surface area contributed by atoms with Crippen LogP contribution < -0.4 is 5.32 Å². The van der Waals surface area contributed by atoms with Gasteiger partial charge in [-0.05, 0) is 0 Å². The fraction of sp³-hybridized carbons (Fsp3) is 0.464. The number of benzene rings is 2. The Morgan fingerprint density at radius 2 is 1.68 bits per heavy atom. The Balaban J connectivity index is 1.80. The van der Waals surface area contributed by atoms with Gasteiger partial charge in [0.1, 0.15) is 0 Å². The number of aryl methyl sites for hydroxylation is 2. The van der Waals surface area contributed by atoms with Gasteiger partial charge in [0.25, 0.3) is 0 Å². The third kappa shape index (κ3) is 6.45. The number of amides is 1. The Labute approximate surface area is 204 Å². The van der Waals surface area contributed by atoms with E-state index in [1.54, 1.807) is 0 Å². The minimum absolute atomic E-state index is 0.0165. The molecule has 1 N–H and O–H groups in total. The van der Waals surface area contributed by atoms with E-state index in [4.69, 9.17) is 4.74 Å². The summed E-state index contributed by atoms with van der Waals surface area (Å²) in [5, 5.41) is 12.4. The van der Waals surface area contributed by atoms with Gasteiger partial charge in [0.2, 0.25) is 0 Å². The van der Waals surface area contributed by atoms with Crippen molar-refractivity contribution in [2.45, 2.75) is 65.1 Å². The van der Waals surface area contributed by atoms with Gasteiger partial charge in [-0.1, -0.05) is 0 Å². The van der Waals surface area contributed by atoms with Crippen molar-refractivity contribution >= 4 is 24.8 Å². The Morgan fingerprint density at radius 3 is 2.24 bits per heavy atom. The molecule has 1 fully saturated rings. The zero-order chi connectivity index (χ0) is 24.6. The van der Waals surface area contributed by atoms with Crippen LogP contribution in [0, 0.1) is 25.2 Å². The van der Waals surface area contributed by atoms with Crippen molar-refractivity contribution in [2.75, 3.05) is 23.8 Å². The van der Waals surface area contributed by atoms with E-state index in [1.165, 1.54) is 12.8 Å². The van der Waals surface area contributed by atoms with Gasteiger partial charge in [-0.25, -0.2) is 0 Å². The first kappa shape index (κ1) is 25.9. The summed E-state index contributed by atoms with van der Waals surface area (Å²) >= 11 is 0. The Morgan fingerprint density at radius 1 is 1.06 bits per heavy atom. The molecule has 1 amide bonds. The minimum atomic E-state index is -2.27. The van der Waals surface area contributed by atoms with Crippen molar-refractivity contribution in [3.63, 3.8) is 0 Å². The van der Waals surface area contributed by atoms with Crippen LogP contribution in [0.2, 0.25) is 0 Å². The van der Waals surface area contributed by atoms with Crippen molar-refractivity contribution in [3.05, 3.63) is 64.7 Å². The van der Waals surface area contributed by atoms with Gasteiger partial charge in [0.05, 0.1) is 0 Å². The second-order valence-electron chi connectivity index (χ2n) is 9.65. The Hall–Kier alpha value is -2.70. The fourth-order valence-electron chi connectivity index (χ4n) is 5.49. The summed E-state index contributed by atoms with van der Waals surface area (Å²) in [4.78, 5) is 26.7. The first-order valence-electron chi connectivity index (χ1n) is 12.4. The first-order chi connectivity index (χ1) is 16.4. The number of nitrogens with one attached hydrogen (secondary N) is 1. The number of ether oxygens (including phenoxy) is 1. The van der Waals surface area contributed by atoms with Crippen molar-refractivity contribution in [3.8, 4) is 6.07 Å². The number of hydrogen-bond donors (Lipinski definition) is 1. The molecule has 0 saturated carbocycles. The number of esters is 1. The van der Waals surface area contributed by atoms with Crippen LogP contribution >= 0.6 is 7.26 Å². The summed E-state index contributed by atoms with van der Waals surface area (Å²) in [6, 6.07) is 15.5. The van der Waals surface area contributed by atoms with E-state index in [9.17, 15) is 14.9 Å². The van der Waals surface area contributed by atoms with Gasteiger partial charge in [0.15, 0.2) is 0 Å². The van der Waals surface area contributed by atoms with Crippen molar-refractivity contribution in [2.24, 2.45) is 0 Å². The number of nitriles is 1. The zero-order valence-electron chi connectivity index (χ0n) is 20.7. The van der Waals surface area contributed by atoms with Gasteiger partial charge in [-0.2, -0.15) is 0 Å². The number of anilines is 1. The quantitative estimate of drug-likeness (QED) is 0.373. The predicted molar refractivity (Wildman–Crippen MR) is 141 cm³/mol. The average molecular weight is 481 g/mol. The number of hydrogen-bond acceptors (Lipinski definition) is 4. The third-order valence-corrected chi connectivity index (χ3v) is 13.1. The molecular formula is C28H37N2O3P. The first-order valence-corrected chi connectivity index (χ1v) is 15.1. The molecule has 1 aliphatic heterocycles. The van der Waals surface area contributed by atoms with Crippen LogP contribution in [-0.2, 0) is 20.9 Å². The van der Waals surface area contributed by atoms with E-state index < -0.39 is 7.26 Å². The second kappa shape index (κ2) is 12.1. The molecule has 1 heterocycles. The number of carbonyl (C=O) groups is 2. The van der Waals surface area contributed by atoms with E-state index in [-0.39, 0.29) is 24.1 Å². The van der Waals surface area contributed by atoms with Crippen LogP contribution in [0.3, 0.4) is 0 Å².